The van der Waals surface area contributed by atoms with E-state index >= 15 is 0 Å². The molecule has 0 aliphatic carbocycles. The lowest BCUT2D eigenvalue weighted by molar-refractivity contribution is 0.125. The number of fused-ring (bicyclic) bond motifs is 1. The Balaban J connectivity index is 1.71. The molecule has 2 aliphatic rings. The topological polar surface area (TPSA) is 38.5 Å². The molecule has 3 rings (SSSR count). The molecular formula is C15H21ClN2O. The zero-order valence-corrected chi connectivity index (χ0v) is 11.9. The van der Waals surface area contributed by atoms with Gasteiger partial charge in [-0.15, -0.1) is 0 Å². The first-order valence-corrected chi connectivity index (χ1v) is 7.52. The molecular weight excluding hydrogens is 260 g/mol. The van der Waals surface area contributed by atoms with E-state index in [0.717, 1.165) is 22.9 Å². The van der Waals surface area contributed by atoms with Crippen LogP contribution in [0.5, 0.6) is 5.75 Å². The van der Waals surface area contributed by atoms with Crippen molar-refractivity contribution in [2.45, 2.75) is 25.3 Å². The number of hydrogen-bond acceptors (Lipinski definition) is 3. The van der Waals surface area contributed by atoms with Gasteiger partial charge in [-0.1, -0.05) is 18.0 Å². The molecule has 2 aliphatic heterocycles. The predicted molar refractivity (Wildman–Crippen MR) is 77.7 cm³/mol. The van der Waals surface area contributed by atoms with E-state index in [4.69, 9.17) is 22.1 Å². The second-order valence-corrected chi connectivity index (χ2v) is 6.08. The van der Waals surface area contributed by atoms with Crippen LogP contribution >= 0.6 is 11.6 Å². The molecule has 0 aromatic heterocycles. The van der Waals surface area contributed by atoms with Crippen LogP contribution in [-0.2, 0) is 0 Å². The summed E-state index contributed by atoms with van der Waals surface area (Å²) >= 11 is 6.06. The van der Waals surface area contributed by atoms with E-state index in [0.29, 0.717) is 12.5 Å². The van der Waals surface area contributed by atoms with Gasteiger partial charge in [-0.25, -0.2) is 0 Å². The summed E-state index contributed by atoms with van der Waals surface area (Å²) in [5.74, 6) is 1.26. The fourth-order valence-electron chi connectivity index (χ4n) is 3.11. The molecule has 0 saturated carbocycles. The van der Waals surface area contributed by atoms with Gasteiger partial charge in [0.15, 0.2) is 0 Å². The molecule has 0 amide bonds. The summed E-state index contributed by atoms with van der Waals surface area (Å²) in [6.07, 6.45) is 3.98. The van der Waals surface area contributed by atoms with Gasteiger partial charge in [0.2, 0.25) is 0 Å². The number of ether oxygens (including phenoxy) is 1. The minimum Gasteiger partial charge on any atom is -0.493 e. The van der Waals surface area contributed by atoms with Crippen molar-refractivity contribution in [3.63, 3.8) is 0 Å². The summed E-state index contributed by atoms with van der Waals surface area (Å²) < 4.78 is 5.84. The molecule has 19 heavy (non-hydrogen) atoms. The van der Waals surface area contributed by atoms with Gasteiger partial charge in [0.1, 0.15) is 5.75 Å². The third kappa shape index (κ3) is 2.88. The van der Waals surface area contributed by atoms with Crippen LogP contribution in [0.3, 0.4) is 0 Å². The summed E-state index contributed by atoms with van der Waals surface area (Å²) in [6, 6.07) is 5.76. The van der Waals surface area contributed by atoms with Crippen molar-refractivity contribution in [3.8, 4) is 5.75 Å². The van der Waals surface area contributed by atoms with Gasteiger partial charge in [0.25, 0.3) is 0 Å². The van der Waals surface area contributed by atoms with Crippen molar-refractivity contribution in [3.05, 3.63) is 28.8 Å². The normalized spacial score (nSPS) is 27.7. The van der Waals surface area contributed by atoms with Crippen LogP contribution < -0.4 is 10.5 Å². The van der Waals surface area contributed by atoms with Gasteiger partial charge in [0, 0.05) is 29.1 Å². The number of benzene rings is 1. The van der Waals surface area contributed by atoms with Crippen molar-refractivity contribution >= 4 is 11.6 Å². The van der Waals surface area contributed by atoms with E-state index in [2.05, 4.69) is 4.90 Å². The molecule has 104 valence electrons. The number of halogens is 1. The van der Waals surface area contributed by atoms with E-state index in [9.17, 15) is 0 Å². The third-order valence-corrected chi connectivity index (χ3v) is 4.47. The molecule has 2 unspecified atom stereocenters. The van der Waals surface area contributed by atoms with Gasteiger partial charge in [-0.3, -0.25) is 0 Å². The van der Waals surface area contributed by atoms with Crippen LogP contribution in [0.1, 0.15) is 30.9 Å². The molecule has 1 aromatic rings. The van der Waals surface area contributed by atoms with Crippen LogP contribution in [0.4, 0.5) is 0 Å². The second-order valence-electron chi connectivity index (χ2n) is 5.64. The SMILES string of the molecule is NC1c2cc(Cl)ccc2OCC1CN1CCCCC1. The number of likely N-dealkylation sites (tertiary alicyclic amines) is 1. The van der Waals surface area contributed by atoms with Gasteiger partial charge < -0.3 is 15.4 Å². The van der Waals surface area contributed by atoms with E-state index in [-0.39, 0.29) is 6.04 Å². The van der Waals surface area contributed by atoms with Gasteiger partial charge >= 0.3 is 0 Å². The quantitative estimate of drug-likeness (QED) is 0.905. The predicted octanol–water partition coefficient (Wildman–Crippen LogP) is 2.83. The molecule has 2 heterocycles. The number of nitrogens with two attached hydrogens (primary N) is 1. The van der Waals surface area contributed by atoms with E-state index in [1.54, 1.807) is 0 Å². The number of rotatable bonds is 2. The highest BCUT2D eigenvalue weighted by atomic mass is 35.5. The summed E-state index contributed by atoms with van der Waals surface area (Å²) in [5.41, 5.74) is 7.47. The lowest BCUT2D eigenvalue weighted by Crippen LogP contribution is -2.42. The van der Waals surface area contributed by atoms with E-state index < -0.39 is 0 Å². The number of piperidine rings is 1. The first-order chi connectivity index (χ1) is 9.24. The van der Waals surface area contributed by atoms with Crippen LogP contribution in [0.25, 0.3) is 0 Å². The molecule has 1 saturated heterocycles. The largest absolute Gasteiger partial charge is 0.493 e. The Morgan fingerprint density at radius 3 is 2.84 bits per heavy atom. The number of hydrogen-bond donors (Lipinski definition) is 1. The van der Waals surface area contributed by atoms with E-state index in [1.807, 2.05) is 18.2 Å². The highest BCUT2D eigenvalue weighted by Crippen LogP contribution is 2.36. The fourth-order valence-corrected chi connectivity index (χ4v) is 3.29. The van der Waals surface area contributed by atoms with Gasteiger partial charge in [-0.2, -0.15) is 0 Å². The molecule has 2 N–H and O–H groups in total. The fraction of sp³-hybridized carbons (Fsp3) is 0.600. The van der Waals surface area contributed by atoms with Crippen molar-refractivity contribution in [1.82, 2.24) is 4.90 Å². The maximum atomic E-state index is 6.41. The van der Waals surface area contributed by atoms with Crippen molar-refractivity contribution in [2.24, 2.45) is 11.7 Å². The highest BCUT2D eigenvalue weighted by Gasteiger charge is 2.30. The van der Waals surface area contributed by atoms with Gasteiger partial charge in [0.05, 0.1) is 6.61 Å². The average molecular weight is 281 g/mol. The van der Waals surface area contributed by atoms with Crippen LogP contribution in [-0.4, -0.2) is 31.1 Å². The summed E-state index contributed by atoms with van der Waals surface area (Å²) in [4.78, 5) is 2.52. The summed E-state index contributed by atoms with van der Waals surface area (Å²) in [5, 5.41) is 0.733. The molecule has 3 nitrogen and oxygen atoms in total. The Morgan fingerprint density at radius 2 is 2.05 bits per heavy atom. The van der Waals surface area contributed by atoms with Crippen LogP contribution in [0.15, 0.2) is 18.2 Å². The van der Waals surface area contributed by atoms with Crippen LogP contribution in [0, 0.1) is 5.92 Å². The smallest absolute Gasteiger partial charge is 0.124 e. The minimum absolute atomic E-state index is 0.0318. The molecule has 0 radical (unpaired) electrons. The lowest BCUT2D eigenvalue weighted by atomic mass is 9.90. The Hall–Kier alpha value is -0.770. The Kier molecular flexibility index (Phi) is 3.96. The molecule has 2 atom stereocenters. The van der Waals surface area contributed by atoms with E-state index in [1.165, 1.54) is 32.4 Å². The summed E-state index contributed by atoms with van der Waals surface area (Å²) in [6.45, 7) is 4.15. The van der Waals surface area contributed by atoms with Crippen LogP contribution in [0.2, 0.25) is 5.02 Å². The van der Waals surface area contributed by atoms with Crippen molar-refractivity contribution < 1.29 is 4.74 Å². The maximum absolute atomic E-state index is 6.41. The Labute approximate surface area is 119 Å². The highest BCUT2D eigenvalue weighted by molar-refractivity contribution is 6.30. The lowest BCUT2D eigenvalue weighted by Gasteiger charge is -2.36. The third-order valence-electron chi connectivity index (χ3n) is 4.23. The zero-order valence-electron chi connectivity index (χ0n) is 11.1. The first-order valence-electron chi connectivity index (χ1n) is 7.14. The zero-order chi connectivity index (χ0) is 13.2. The second kappa shape index (κ2) is 5.70. The average Bonchev–Trinajstić information content (AvgIpc) is 2.44. The molecule has 1 aromatic carbocycles. The Bertz CT molecular complexity index is 446. The standard InChI is InChI=1S/C15H21ClN2O/c16-12-4-5-14-13(8-12)15(17)11(10-19-14)9-18-6-2-1-3-7-18/h4-5,8,11,15H,1-3,6-7,9-10,17H2. The minimum atomic E-state index is 0.0318. The monoisotopic (exact) mass is 280 g/mol. The van der Waals surface area contributed by atoms with Crippen molar-refractivity contribution in [2.75, 3.05) is 26.2 Å². The molecule has 4 heteroatoms. The number of nitrogens with zero attached hydrogens (tertiary/aromatic N) is 1. The summed E-state index contributed by atoms with van der Waals surface area (Å²) in [7, 11) is 0. The van der Waals surface area contributed by atoms with Crippen molar-refractivity contribution in [1.29, 1.82) is 0 Å². The molecule has 0 spiro atoms. The molecule has 1 fully saturated rings. The van der Waals surface area contributed by atoms with Gasteiger partial charge in [-0.05, 0) is 44.1 Å². The molecule has 0 bridgehead atoms. The Morgan fingerprint density at radius 1 is 1.26 bits per heavy atom. The first kappa shape index (κ1) is 13.2. The maximum Gasteiger partial charge on any atom is 0.124 e.